The van der Waals surface area contributed by atoms with Crippen molar-refractivity contribution >= 4 is 5.84 Å². The monoisotopic (exact) mass is 299 g/mol. The van der Waals surface area contributed by atoms with Crippen LogP contribution in [0.2, 0.25) is 0 Å². The molecule has 1 rings (SSSR count). The Morgan fingerprint density at radius 1 is 1.33 bits per heavy atom. The van der Waals surface area contributed by atoms with Crippen LogP contribution in [-0.4, -0.2) is 17.6 Å². The Balaban J connectivity index is 2.25. The third-order valence-corrected chi connectivity index (χ3v) is 3.53. The SMILES string of the molecule is CC(C)(CCCCNCc1cc(F)ccc1F)/C(N)=N/O. The van der Waals surface area contributed by atoms with E-state index in [1.807, 2.05) is 13.8 Å². The Bertz CT molecular complexity index is 490. The van der Waals surface area contributed by atoms with E-state index in [2.05, 4.69) is 10.5 Å². The minimum atomic E-state index is -0.436. The van der Waals surface area contributed by atoms with Gasteiger partial charge in [0.05, 0.1) is 0 Å². The fraction of sp³-hybridized carbons (Fsp3) is 0.533. The first-order chi connectivity index (χ1) is 9.86. The molecule has 0 aliphatic carbocycles. The molecule has 0 saturated carbocycles. The Morgan fingerprint density at radius 2 is 2.05 bits per heavy atom. The molecule has 0 aliphatic heterocycles. The number of nitrogens with zero attached hydrogens (tertiary/aromatic N) is 1. The van der Waals surface area contributed by atoms with Gasteiger partial charge in [-0.25, -0.2) is 8.78 Å². The lowest BCUT2D eigenvalue weighted by molar-refractivity contribution is 0.304. The summed E-state index contributed by atoms with van der Waals surface area (Å²) in [5.74, 6) is -0.622. The van der Waals surface area contributed by atoms with Gasteiger partial charge in [0.15, 0.2) is 0 Å². The summed E-state index contributed by atoms with van der Waals surface area (Å²) in [4.78, 5) is 0. The zero-order valence-electron chi connectivity index (χ0n) is 12.5. The van der Waals surface area contributed by atoms with Crippen molar-refractivity contribution in [3.05, 3.63) is 35.4 Å². The van der Waals surface area contributed by atoms with E-state index >= 15 is 0 Å². The molecule has 0 unspecified atom stereocenters. The summed E-state index contributed by atoms with van der Waals surface area (Å²) in [5.41, 5.74) is 5.59. The second kappa shape index (κ2) is 7.93. The molecule has 6 heteroatoms. The van der Waals surface area contributed by atoms with Gasteiger partial charge in [0.2, 0.25) is 0 Å². The van der Waals surface area contributed by atoms with Gasteiger partial charge in [-0.05, 0) is 37.6 Å². The second-order valence-corrected chi connectivity index (χ2v) is 5.74. The molecule has 0 amide bonds. The van der Waals surface area contributed by atoms with Crippen LogP contribution in [0.25, 0.3) is 0 Å². The molecule has 0 aliphatic rings. The van der Waals surface area contributed by atoms with Crippen LogP contribution in [-0.2, 0) is 6.54 Å². The van der Waals surface area contributed by atoms with Gasteiger partial charge in [-0.2, -0.15) is 0 Å². The first kappa shape index (κ1) is 17.4. The second-order valence-electron chi connectivity index (χ2n) is 5.74. The number of unbranched alkanes of at least 4 members (excludes halogenated alkanes) is 1. The third kappa shape index (κ3) is 5.67. The van der Waals surface area contributed by atoms with Crippen LogP contribution in [0.15, 0.2) is 23.4 Å². The van der Waals surface area contributed by atoms with Crippen LogP contribution in [0.3, 0.4) is 0 Å². The molecule has 118 valence electrons. The fourth-order valence-corrected chi connectivity index (χ4v) is 1.98. The van der Waals surface area contributed by atoms with Crippen molar-refractivity contribution in [3.8, 4) is 0 Å². The molecular formula is C15H23F2N3O. The lowest BCUT2D eigenvalue weighted by atomic mass is 9.86. The molecule has 0 saturated heterocycles. The maximum absolute atomic E-state index is 13.4. The number of nitrogens with two attached hydrogens (primary N) is 1. The number of halogens is 2. The van der Waals surface area contributed by atoms with E-state index in [1.165, 1.54) is 6.07 Å². The van der Waals surface area contributed by atoms with E-state index in [9.17, 15) is 8.78 Å². The molecule has 4 N–H and O–H groups in total. The van der Waals surface area contributed by atoms with Gasteiger partial charge in [-0.15, -0.1) is 0 Å². The minimum absolute atomic E-state index is 0.220. The number of hydrogen-bond donors (Lipinski definition) is 3. The lowest BCUT2D eigenvalue weighted by Crippen LogP contribution is -2.32. The Labute approximate surface area is 124 Å². The van der Waals surface area contributed by atoms with Crippen molar-refractivity contribution in [1.82, 2.24) is 5.32 Å². The molecule has 1 aromatic carbocycles. The van der Waals surface area contributed by atoms with E-state index in [0.29, 0.717) is 18.7 Å². The summed E-state index contributed by atoms with van der Waals surface area (Å²) in [5, 5.41) is 14.8. The molecule has 0 fully saturated rings. The lowest BCUT2D eigenvalue weighted by Gasteiger charge is -2.22. The van der Waals surface area contributed by atoms with Crippen LogP contribution in [0, 0.1) is 17.0 Å². The highest BCUT2D eigenvalue weighted by Gasteiger charge is 2.22. The van der Waals surface area contributed by atoms with Gasteiger partial charge in [-0.3, -0.25) is 0 Å². The normalized spacial score (nSPS) is 12.7. The zero-order chi connectivity index (χ0) is 15.9. The first-order valence-electron chi connectivity index (χ1n) is 6.99. The van der Waals surface area contributed by atoms with Gasteiger partial charge >= 0.3 is 0 Å². The topological polar surface area (TPSA) is 70.6 Å². The van der Waals surface area contributed by atoms with E-state index in [-0.39, 0.29) is 11.3 Å². The van der Waals surface area contributed by atoms with Crippen LogP contribution >= 0.6 is 0 Å². The highest BCUT2D eigenvalue weighted by Crippen LogP contribution is 2.23. The van der Waals surface area contributed by atoms with E-state index in [4.69, 9.17) is 10.9 Å². The molecular weight excluding hydrogens is 276 g/mol. The average molecular weight is 299 g/mol. The molecule has 0 aromatic heterocycles. The largest absolute Gasteiger partial charge is 0.409 e. The summed E-state index contributed by atoms with van der Waals surface area (Å²) >= 11 is 0. The molecule has 0 atom stereocenters. The Morgan fingerprint density at radius 3 is 2.71 bits per heavy atom. The Hall–Kier alpha value is -1.69. The number of nitrogens with one attached hydrogen (secondary N) is 1. The van der Waals surface area contributed by atoms with Crippen LogP contribution in [0.4, 0.5) is 8.78 Å². The smallest absolute Gasteiger partial charge is 0.144 e. The summed E-state index contributed by atoms with van der Waals surface area (Å²) in [7, 11) is 0. The van der Waals surface area contributed by atoms with Gasteiger partial charge in [-0.1, -0.05) is 25.4 Å². The molecule has 0 heterocycles. The molecule has 4 nitrogen and oxygen atoms in total. The molecule has 0 radical (unpaired) electrons. The van der Waals surface area contributed by atoms with Crippen LogP contribution in [0.1, 0.15) is 38.7 Å². The van der Waals surface area contributed by atoms with Crippen molar-refractivity contribution in [2.45, 2.75) is 39.7 Å². The fourth-order valence-electron chi connectivity index (χ4n) is 1.98. The molecule has 0 spiro atoms. The first-order valence-corrected chi connectivity index (χ1v) is 6.99. The highest BCUT2D eigenvalue weighted by atomic mass is 19.1. The highest BCUT2D eigenvalue weighted by molar-refractivity contribution is 5.85. The predicted molar refractivity (Wildman–Crippen MR) is 79.1 cm³/mol. The standard InChI is InChI=1S/C15H23F2N3O/c1-15(2,14(18)20-21)7-3-4-8-19-10-11-9-12(16)5-6-13(11)17/h5-6,9,19,21H,3-4,7-8,10H2,1-2H3,(H2,18,20). The van der Waals surface area contributed by atoms with Crippen molar-refractivity contribution in [3.63, 3.8) is 0 Å². The quantitative estimate of drug-likeness (QED) is 0.227. The zero-order valence-corrected chi connectivity index (χ0v) is 12.5. The van der Waals surface area contributed by atoms with E-state index in [0.717, 1.165) is 31.4 Å². The summed E-state index contributed by atoms with van der Waals surface area (Å²) in [6, 6.07) is 3.43. The van der Waals surface area contributed by atoms with Crippen molar-refractivity contribution < 1.29 is 14.0 Å². The van der Waals surface area contributed by atoms with Crippen molar-refractivity contribution in [2.24, 2.45) is 16.3 Å². The maximum atomic E-state index is 13.4. The van der Waals surface area contributed by atoms with Gasteiger partial charge in [0.1, 0.15) is 17.5 Å². The molecule has 21 heavy (non-hydrogen) atoms. The minimum Gasteiger partial charge on any atom is -0.409 e. The van der Waals surface area contributed by atoms with Crippen LogP contribution < -0.4 is 11.1 Å². The number of oxime groups is 1. The average Bonchev–Trinajstić information content (AvgIpc) is 2.45. The number of amidine groups is 1. The van der Waals surface area contributed by atoms with Crippen molar-refractivity contribution in [2.75, 3.05) is 6.54 Å². The maximum Gasteiger partial charge on any atom is 0.144 e. The van der Waals surface area contributed by atoms with Gasteiger partial charge in [0.25, 0.3) is 0 Å². The van der Waals surface area contributed by atoms with Crippen LogP contribution in [0.5, 0.6) is 0 Å². The number of hydrogen-bond acceptors (Lipinski definition) is 3. The summed E-state index contributed by atoms with van der Waals surface area (Å²) < 4.78 is 26.4. The number of rotatable bonds is 8. The van der Waals surface area contributed by atoms with Gasteiger partial charge in [0, 0.05) is 17.5 Å². The van der Waals surface area contributed by atoms with Gasteiger partial charge < -0.3 is 16.3 Å². The predicted octanol–water partition coefficient (Wildman–Crippen LogP) is 3.00. The molecule has 0 bridgehead atoms. The third-order valence-electron chi connectivity index (χ3n) is 3.53. The van der Waals surface area contributed by atoms with E-state index < -0.39 is 11.6 Å². The summed E-state index contributed by atoms with van der Waals surface area (Å²) in [6.45, 7) is 4.82. The molecule has 1 aromatic rings. The summed E-state index contributed by atoms with van der Waals surface area (Å²) in [6.07, 6.45) is 2.56. The number of benzene rings is 1. The Kier molecular flexibility index (Phi) is 6.55. The van der Waals surface area contributed by atoms with E-state index in [1.54, 1.807) is 0 Å². The van der Waals surface area contributed by atoms with Crippen molar-refractivity contribution in [1.29, 1.82) is 0 Å².